The summed E-state index contributed by atoms with van der Waals surface area (Å²) in [7, 11) is 1.03. The third kappa shape index (κ3) is 3.75. The second-order valence-electron chi connectivity index (χ2n) is 7.38. The Morgan fingerprint density at radius 1 is 0.968 bits per heavy atom. The lowest BCUT2D eigenvalue weighted by atomic mass is 10.1. The van der Waals surface area contributed by atoms with Crippen molar-refractivity contribution in [3.63, 3.8) is 0 Å². The van der Waals surface area contributed by atoms with Crippen LogP contribution in [0.25, 0.3) is 10.9 Å². The lowest BCUT2D eigenvalue weighted by Gasteiger charge is -2.34. The highest BCUT2D eigenvalue weighted by Crippen LogP contribution is 2.31. The van der Waals surface area contributed by atoms with Crippen LogP contribution in [0.3, 0.4) is 0 Å². The van der Waals surface area contributed by atoms with E-state index in [9.17, 15) is 13.2 Å². The van der Waals surface area contributed by atoms with E-state index in [1.165, 1.54) is 24.6 Å². The first-order valence-corrected chi connectivity index (χ1v) is 11.4. The minimum Gasteiger partial charge on any atom is -0.497 e. The molecule has 3 aromatic rings. The van der Waals surface area contributed by atoms with Gasteiger partial charge >= 0.3 is 0 Å². The molecule has 1 aliphatic rings. The van der Waals surface area contributed by atoms with Crippen LogP contribution in [0.1, 0.15) is 10.4 Å². The zero-order valence-corrected chi connectivity index (χ0v) is 18.6. The third-order valence-electron chi connectivity index (χ3n) is 5.64. The molecule has 0 bridgehead atoms. The zero-order valence-electron chi connectivity index (χ0n) is 17.7. The average molecular weight is 444 g/mol. The number of benzene rings is 2. The number of sulfonamides is 1. The number of aromatic nitrogens is 1. The largest absolute Gasteiger partial charge is 0.497 e. The van der Waals surface area contributed by atoms with E-state index in [-0.39, 0.29) is 29.6 Å². The van der Waals surface area contributed by atoms with Crippen LogP contribution in [-0.2, 0) is 17.1 Å². The highest BCUT2D eigenvalue weighted by Gasteiger charge is 2.33. The van der Waals surface area contributed by atoms with E-state index in [2.05, 4.69) is 0 Å². The number of amides is 1. The van der Waals surface area contributed by atoms with E-state index in [4.69, 9.17) is 9.47 Å². The Morgan fingerprint density at radius 3 is 2.35 bits per heavy atom. The number of fused-ring (bicyclic) bond motifs is 1. The summed E-state index contributed by atoms with van der Waals surface area (Å²) in [5.74, 6) is 0.604. The number of hydrogen-bond donors (Lipinski definition) is 0. The van der Waals surface area contributed by atoms with E-state index in [1.54, 1.807) is 17.0 Å². The Bertz CT molecular complexity index is 1230. The van der Waals surface area contributed by atoms with Crippen molar-refractivity contribution in [3.05, 3.63) is 54.2 Å². The van der Waals surface area contributed by atoms with E-state index >= 15 is 0 Å². The van der Waals surface area contributed by atoms with Gasteiger partial charge in [-0.1, -0.05) is 18.2 Å². The first-order chi connectivity index (χ1) is 14.9. The van der Waals surface area contributed by atoms with E-state index in [0.29, 0.717) is 24.4 Å². The van der Waals surface area contributed by atoms with Gasteiger partial charge in [0.05, 0.1) is 19.8 Å². The summed E-state index contributed by atoms with van der Waals surface area (Å²) < 4.78 is 40.2. The number of aryl methyl sites for hydroxylation is 1. The third-order valence-corrected chi connectivity index (χ3v) is 7.56. The number of carbonyl (C=O) groups excluding carboxylic acids is 1. The molecule has 0 aliphatic carbocycles. The maximum atomic E-state index is 13.2. The molecule has 1 saturated heterocycles. The minimum atomic E-state index is -3.80. The standard InChI is InChI=1S/C22H25N3O5S/c1-23-15-18(17-6-4-5-7-19(17)23)22(26)24-10-12-25(13-11-24)31(27,28)21-14-16(29-2)8-9-20(21)30-3/h4-9,14-15H,10-13H2,1-3H3. The number of rotatable bonds is 5. The van der Waals surface area contributed by atoms with Crippen molar-refractivity contribution in [2.45, 2.75) is 4.90 Å². The van der Waals surface area contributed by atoms with Crippen LogP contribution < -0.4 is 9.47 Å². The SMILES string of the molecule is COc1ccc(OC)c(S(=O)(=O)N2CCN(C(=O)c3cn(C)c4ccccc34)CC2)c1. The van der Waals surface area contributed by atoms with Crippen LogP contribution in [0.2, 0.25) is 0 Å². The Hall–Kier alpha value is -3.04. The monoisotopic (exact) mass is 443 g/mol. The van der Waals surface area contributed by atoms with Crippen LogP contribution in [0.5, 0.6) is 11.5 Å². The van der Waals surface area contributed by atoms with Gasteiger partial charge in [-0.15, -0.1) is 0 Å². The number of hydrogen-bond acceptors (Lipinski definition) is 5. The molecule has 1 fully saturated rings. The van der Waals surface area contributed by atoms with Gasteiger partial charge in [-0.05, 0) is 18.2 Å². The molecule has 0 N–H and O–H groups in total. The molecule has 0 saturated carbocycles. The molecule has 1 aliphatic heterocycles. The highest BCUT2D eigenvalue weighted by atomic mass is 32.2. The molecule has 4 rings (SSSR count). The summed E-state index contributed by atoms with van der Waals surface area (Å²) in [5.41, 5.74) is 1.61. The van der Waals surface area contributed by atoms with Crippen LogP contribution in [0.15, 0.2) is 53.6 Å². The summed E-state index contributed by atoms with van der Waals surface area (Å²) in [4.78, 5) is 14.9. The number of ether oxygens (including phenoxy) is 2. The topological polar surface area (TPSA) is 81.1 Å². The molecular weight excluding hydrogens is 418 g/mol. The quantitative estimate of drug-likeness (QED) is 0.605. The normalized spacial score (nSPS) is 15.3. The number of para-hydroxylation sites is 1. The lowest BCUT2D eigenvalue weighted by molar-refractivity contribution is 0.0699. The Labute approximate surface area is 181 Å². The maximum Gasteiger partial charge on any atom is 0.256 e. The number of carbonyl (C=O) groups is 1. The molecule has 0 unspecified atom stereocenters. The Kier molecular flexibility index (Phi) is 5.63. The van der Waals surface area contributed by atoms with Gasteiger partial charge in [0, 0.05) is 56.4 Å². The number of nitrogens with zero attached hydrogens (tertiary/aromatic N) is 3. The van der Waals surface area contributed by atoms with E-state index in [0.717, 1.165) is 10.9 Å². The molecule has 1 aromatic heterocycles. The molecule has 0 radical (unpaired) electrons. The predicted octanol–water partition coefficient (Wildman–Crippen LogP) is 2.34. The molecule has 2 aromatic carbocycles. The molecular formula is C22H25N3O5S. The van der Waals surface area contributed by atoms with Crippen molar-refractivity contribution in [2.75, 3.05) is 40.4 Å². The second kappa shape index (κ2) is 8.24. The average Bonchev–Trinajstić information content (AvgIpc) is 3.15. The Balaban J connectivity index is 1.54. The number of piperazine rings is 1. The smallest absolute Gasteiger partial charge is 0.256 e. The molecule has 164 valence electrons. The van der Waals surface area contributed by atoms with E-state index < -0.39 is 10.0 Å². The second-order valence-corrected chi connectivity index (χ2v) is 9.29. The molecule has 31 heavy (non-hydrogen) atoms. The van der Waals surface area contributed by atoms with Gasteiger partial charge in [0.25, 0.3) is 5.91 Å². The fourth-order valence-corrected chi connectivity index (χ4v) is 5.53. The molecule has 2 heterocycles. The van der Waals surface area contributed by atoms with Crippen LogP contribution in [0, 0.1) is 0 Å². The highest BCUT2D eigenvalue weighted by molar-refractivity contribution is 7.89. The van der Waals surface area contributed by atoms with Crippen molar-refractivity contribution in [3.8, 4) is 11.5 Å². The van der Waals surface area contributed by atoms with Gasteiger partial charge in [0.1, 0.15) is 16.4 Å². The van der Waals surface area contributed by atoms with Crippen LogP contribution in [-0.4, -0.2) is 68.5 Å². The molecule has 8 nitrogen and oxygen atoms in total. The van der Waals surface area contributed by atoms with E-state index in [1.807, 2.05) is 42.1 Å². The molecule has 9 heteroatoms. The number of methoxy groups -OCH3 is 2. The van der Waals surface area contributed by atoms with Crippen molar-refractivity contribution < 1.29 is 22.7 Å². The van der Waals surface area contributed by atoms with Gasteiger partial charge in [0.2, 0.25) is 10.0 Å². The molecule has 1 amide bonds. The fourth-order valence-electron chi connectivity index (χ4n) is 3.94. The fraction of sp³-hybridized carbons (Fsp3) is 0.318. The van der Waals surface area contributed by atoms with Gasteiger partial charge in [-0.2, -0.15) is 4.31 Å². The summed E-state index contributed by atoms with van der Waals surface area (Å²) in [6.07, 6.45) is 1.83. The van der Waals surface area contributed by atoms with Crippen molar-refractivity contribution >= 4 is 26.8 Å². The van der Waals surface area contributed by atoms with Gasteiger partial charge in [0.15, 0.2) is 0 Å². The molecule has 0 spiro atoms. The van der Waals surface area contributed by atoms with Gasteiger partial charge < -0.3 is 18.9 Å². The van der Waals surface area contributed by atoms with Crippen molar-refractivity contribution in [1.82, 2.24) is 13.8 Å². The summed E-state index contributed by atoms with van der Waals surface area (Å²) in [6, 6.07) is 12.4. The maximum absolute atomic E-state index is 13.2. The van der Waals surface area contributed by atoms with Crippen LogP contribution >= 0.6 is 0 Å². The Morgan fingerprint density at radius 2 is 1.68 bits per heavy atom. The van der Waals surface area contributed by atoms with Gasteiger partial charge in [-0.25, -0.2) is 8.42 Å². The summed E-state index contributed by atoms with van der Waals surface area (Å²) in [5, 5.41) is 0.895. The minimum absolute atomic E-state index is 0.0585. The van der Waals surface area contributed by atoms with Crippen molar-refractivity contribution in [1.29, 1.82) is 0 Å². The first-order valence-electron chi connectivity index (χ1n) is 9.92. The predicted molar refractivity (Wildman–Crippen MR) is 117 cm³/mol. The summed E-state index contributed by atoms with van der Waals surface area (Å²) in [6.45, 7) is 1.04. The lowest BCUT2D eigenvalue weighted by Crippen LogP contribution is -2.50. The zero-order chi connectivity index (χ0) is 22.2. The van der Waals surface area contributed by atoms with Crippen molar-refractivity contribution in [2.24, 2.45) is 7.05 Å². The summed E-state index contributed by atoms with van der Waals surface area (Å²) >= 11 is 0. The molecule has 0 atom stereocenters. The first kappa shape index (κ1) is 21.2. The van der Waals surface area contributed by atoms with Gasteiger partial charge in [-0.3, -0.25) is 4.79 Å². The van der Waals surface area contributed by atoms with Crippen LogP contribution in [0.4, 0.5) is 0 Å².